The van der Waals surface area contributed by atoms with Gasteiger partial charge in [-0.2, -0.15) is 23.5 Å². The van der Waals surface area contributed by atoms with Crippen LogP contribution < -0.4 is 16.4 Å². The van der Waals surface area contributed by atoms with E-state index in [0.717, 1.165) is 12.8 Å². The zero-order chi connectivity index (χ0) is 29.9. The molecule has 14 heteroatoms. The lowest BCUT2D eigenvalue weighted by Gasteiger charge is -2.46. The average molecular weight is 580 g/mol. The maximum atomic E-state index is 12.4. The highest BCUT2D eigenvalue weighted by Gasteiger charge is 2.45. The largest absolute Gasteiger partial charge is 0.405 e. The average Bonchev–Trinajstić information content (AvgIpc) is 3.64. The first kappa shape index (κ1) is 28.6. The molecule has 1 saturated heterocycles. The number of hydrogen-bond acceptors (Lipinski definition) is 7. The minimum atomic E-state index is -4.52. The molecule has 3 heterocycles. The van der Waals surface area contributed by atoms with Crippen LogP contribution in [-0.4, -0.2) is 69.0 Å². The van der Waals surface area contributed by atoms with Crippen LogP contribution in [0.15, 0.2) is 53.9 Å². The van der Waals surface area contributed by atoms with Gasteiger partial charge in [0, 0.05) is 54.3 Å². The summed E-state index contributed by atoms with van der Waals surface area (Å²) >= 11 is 0. The molecule has 3 aromatic rings. The van der Waals surface area contributed by atoms with Crippen molar-refractivity contribution in [3.05, 3.63) is 54.5 Å². The normalized spacial score (nSPS) is 16.7. The number of nitrogens with two attached hydrogens (primary N) is 1. The highest BCUT2D eigenvalue weighted by atomic mass is 19.4. The van der Waals surface area contributed by atoms with Gasteiger partial charge >= 0.3 is 12.2 Å². The van der Waals surface area contributed by atoms with Crippen molar-refractivity contribution in [3.63, 3.8) is 0 Å². The molecule has 1 aromatic carbocycles. The predicted octanol–water partition coefficient (Wildman–Crippen LogP) is 3.75. The van der Waals surface area contributed by atoms with Gasteiger partial charge in [0.2, 0.25) is 5.91 Å². The quantitative estimate of drug-likeness (QED) is 0.328. The molecule has 5 rings (SSSR count). The van der Waals surface area contributed by atoms with Crippen LogP contribution >= 0.6 is 0 Å². The SMILES string of the molecule is N#CCC1(N=C/C(=C\N)c2cnn3c(-c4cccc(NC(=O)NCC(F)(F)F)c4)cnc3c2)CN(C(=O)CC2CC2)C1. The number of rotatable bonds is 9. The van der Waals surface area contributed by atoms with Crippen LogP contribution in [0.2, 0.25) is 0 Å². The third-order valence-corrected chi connectivity index (χ3v) is 7.11. The number of carbonyl (C=O) groups excluding carboxylic acids is 2. The molecule has 1 aliphatic carbocycles. The fourth-order valence-electron chi connectivity index (χ4n) is 4.69. The van der Waals surface area contributed by atoms with Crippen LogP contribution in [0, 0.1) is 17.2 Å². The van der Waals surface area contributed by atoms with E-state index in [1.165, 1.54) is 6.20 Å². The predicted molar refractivity (Wildman–Crippen MR) is 149 cm³/mol. The molecule has 0 bridgehead atoms. The van der Waals surface area contributed by atoms with Crippen molar-refractivity contribution in [2.75, 3.05) is 25.0 Å². The van der Waals surface area contributed by atoms with Crippen molar-refractivity contribution in [1.29, 1.82) is 5.26 Å². The monoisotopic (exact) mass is 579 g/mol. The van der Waals surface area contributed by atoms with Crippen LogP contribution in [0.4, 0.5) is 23.7 Å². The van der Waals surface area contributed by atoms with Gasteiger partial charge in [-0.05, 0) is 37.0 Å². The number of likely N-dealkylation sites (tertiary alicyclic amines) is 1. The van der Waals surface area contributed by atoms with E-state index in [-0.39, 0.29) is 12.3 Å². The fourth-order valence-corrected chi connectivity index (χ4v) is 4.69. The number of amides is 3. The maximum absolute atomic E-state index is 12.4. The molecule has 0 spiro atoms. The van der Waals surface area contributed by atoms with E-state index in [0.29, 0.717) is 59.2 Å². The van der Waals surface area contributed by atoms with E-state index in [1.807, 2.05) is 0 Å². The molecule has 3 amide bonds. The molecule has 2 fully saturated rings. The summed E-state index contributed by atoms with van der Waals surface area (Å²) < 4.78 is 38.7. The second-order valence-electron chi connectivity index (χ2n) is 10.5. The summed E-state index contributed by atoms with van der Waals surface area (Å²) in [5, 5.41) is 18.0. The minimum Gasteiger partial charge on any atom is -0.404 e. The molecule has 1 aliphatic heterocycles. The Kier molecular flexibility index (Phi) is 7.84. The van der Waals surface area contributed by atoms with E-state index in [2.05, 4.69) is 26.5 Å². The lowest BCUT2D eigenvalue weighted by atomic mass is 9.87. The van der Waals surface area contributed by atoms with Crippen molar-refractivity contribution in [1.82, 2.24) is 24.8 Å². The van der Waals surface area contributed by atoms with Gasteiger partial charge in [-0.25, -0.2) is 14.3 Å². The van der Waals surface area contributed by atoms with Crippen molar-refractivity contribution in [3.8, 4) is 17.3 Å². The number of halogens is 3. The Morgan fingerprint density at radius 2 is 2.02 bits per heavy atom. The van der Waals surface area contributed by atoms with Crippen molar-refractivity contribution < 1.29 is 22.8 Å². The fraction of sp³-hybridized carbons (Fsp3) is 0.357. The van der Waals surface area contributed by atoms with E-state index in [9.17, 15) is 28.0 Å². The molecule has 11 nitrogen and oxygen atoms in total. The van der Waals surface area contributed by atoms with Gasteiger partial charge in [0.05, 0.1) is 30.6 Å². The second kappa shape index (κ2) is 11.5. The van der Waals surface area contributed by atoms with E-state index < -0.39 is 24.3 Å². The number of anilines is 1. The molecule has 0 radical (unpaired) electrons. The van der Waals surface area contributed by atoms with Gasteiger partial charge in [-0.3, -0.25) is 9.79 Å². The van der Waals surface area contributed by atoms with Crippen LogP contribution in [0.3, 0.4) is 0 Å². The van der Waals surface area contributed by atoms with Gasteiger partial charge < -0.3 is 21.3 Å². The van der Waals surface area contributed by atoms with Crippen molar-refractivity contribution >= 4 is 35.1 Å². The summed E-state index contributed by atoms with van der Waals surface area (Å²) in [5.74, 6) is 0.592. The van der Waals surface area contributed by atoms with Crippen molar-refractivity contribution in [2.45, 2.75) is 37.4 Å². The summed E-state index contributed by atoms with van der Waals surface area (Å²) in [5.41, 5.74) is 8.41. The number of aromatic nitrogens is 3. The first-order valence-electron chi connectivity index (χ1n) is 13.3. The number of nitrogens with zero attached hydrogens (tertiary/aromatic N) is 6. The van der Waals surface area contributed by atoms with E-state index >= 15 is 0 Å². The zero-order valence-electron chi connectivity index (χ0n) is 22.4. The summed E-state index contributed by atoms with van der Waals surface area (Å²) in [6.07, 6.45) is 4.54. The highest BCUT2D eigenvalue weighted by Crippen LogP contribution is 2.36. The second-order valence-corrected chi connectivity index (χ2v) is 10.5. The van der Waals surface area contributed by atoms with Crippen LogP contribution in [0.1, 0.15) is 31.2 Å². The number of imidazole rings is 1. The Morgan fingerprint density at radius 1 is 1.24 bits per heavy atom. The molecule has 218 valence electrons. The Morgan fingerprint density at radius 3 is 2.71 bits per heavy atom. The van der Waals surface area contributed by atoms with Gasteiger partial charge in [0.1, 0.15) is 12.1 Å². The molecular weight excluding hydrogens is 551 g/mol. The first-order valence-corrected chi connectivity index (χ1v) is 13.3. The smallest absolute Gasteiger partial charge is 0.404 e. The van der Waals surface area contributed by atoms with Gasteiger partial charge in [0.25, 0.3) is 0 Å². The van der Waals surface area contributed by atoms with Gasteiger partial charge in [-0.1, -0.05) is 12.1 Å². The number of aliphatic imine (C=N–C) groups is 1. The van der Waals surface area contributed by atoms with Crippen LogP contribution in [-0.2, 0) is 4.79 Å². The minimum absolute atomic E-state index is 0.103. The number of nitrogens with one attached hydrogen (secondary N) is 2. The number of nitriles is 1. The third-order valence-electron chi connectivity index (χ3n) is 7.11. The van der Waals surface area contributed by atoms with Crippen LogP contribution in [0.25, 0.3) is 22.5 Å². The molecule has 1 saturated carbocycles. The third kappa shape index (κ3) is 6.68. The van der Waals surface area contributed by atoms with Gasteiger partial charge in [0.15, 0.2) is 5.65 Å². The Balaban J connectivity index is 1.29. The molecule has 2 aliphatic rings. The number of allylic oxidation sites excluding steroid dienone is 1. The molecule has 42 heavy (non-hydrogen) atoms. The number of fused-ring (bicyclic) bond motifs is 1. The van der Waals surface area contributed by atoms with Gasteiger partial charge in [-0.15, -0.1) is 0 Å². The standard InChI is InChI=1S/C28H28F3N9O2/c29-28(30,31)15-35-26(42)38-22-3-1-2-19(9-22)23-14-34-24-10-20(13-37-40(23)24)21(11-33)12-36-27(6-7-32)16-39(17-27)25(41)8-18-4-5-18/h1-3,9-14,18H,4-6,8,15-17,33H2,(H2,35,38,42)/b21-11+,36-12?. The molecule has 4 N–H and O–H groups in total. The molecule has 2 aromatic heterocycles. The van der Waals surface area contributed by atoms with Crippen molar-refractivity contribution in [2.24, 2.45) is 16.6 Å². The summed E-state index contributed by atoms with van der Waals surface area (Å²) in [7, 11) is 0. The highest BCUT2D eigenvalue weighted by molar-refractivity contribution is 6.10. The summed E-state index contributed by atoms with van der Waals surface area (Å²) in [6, 6.07) is 9.49. The number of urea groups is 1. The zero-order valence-corrected chi connectivity index (χ0v) is 22.4. The lowest BCUT2D eigenvalue weighted by molar-refractivity contribution is -0.138. The lowest BCUT2D eigenvalue weighted by Crippen LogP contribution is -2.62. The number of carbonyl (C=O) groups is 2. The van der Waals surface area contributed by atoms with Crippen LogP contribution in [0.5, 0.6) is 0 Å². The van der Waals surface area contributed by atoms with E-state index in [1.54, 1.807) is 63.7 Å². The Bertz CT molecular complexity index is 1600. The number of alkyl halides is 3. The molecule has 0 unspecified atom stereocenters. The topological polar surface area (TPSA) is 154 Å². The number of benzene rings is 1. The summed E-state index contributed by atoms with van der Waals surface area (Å²) in [6.45, 7) is -0.668. The Hall–Kier alpha value is -4.93. The molecule has 0 atom stereocenters. The Labute approximate surface area is 238 Å². The number of hydrogen-bond donors (Lipinski definition) is 3. The first-order chi connectivity index (χ1) is 20.1. The molecular formula is C28H28F3N9O2. The summed E-state index contributed by atoms with van der Waals surface area (Å²) in [4.78, 5) is 35.1. The maximum Gasteiger partial charge on any atom is 0.405 e. The van der Waals surface area contributed by atoms with E-state index in [4.69, 9.17) is 5.73 Å².